The molecule has 2 N–H and O–H groups in total. The van der Waals surface area contributed by atoms with E-state index >= 15 is 0 Å². The number of hydrogen-bond acceptors (Lipinski definition) is 5. The number of nitrogens with zero attached hydrogens (tertiary/aromatic N) is 2. The number of benzene rings is 1. The van der Waals surface area contributed by atoms with Crippen LogP contribution in [0.25, 0.3) is 0 Å². The molecule has 144 valence electrons. The lowest BCUT2D eigenvalue weighted by Crippen LogP contribution is -2.42. The lowest BCUT2D eigenvalue weighted by molar-refractivity contribution is 0.0844. The predicted molar refractivity (Wildman–Crippen MR) is 103 cm³/mol. The Kier molecular flexibility index (Phi) is 8.00. The van der Waals surface area contributed by atoms with E-state index in [4.69, 9.17) is 16.3 Å². The van der Waals surface area contributed by atoms with Crippen LogP contribution in [0.1, 0.15) is 59.3 Å². The predicted octanol–water partition coefficient (Wildman–Crippen LogP) is 3.47. The second-order valence-corrected chi connectivity index (χ2v) is 6.36. The number of hydrogen-bond donors (Lipinski definition) is 2. The van der Waals surface area contributed by atoms with Gasteiger partial charge in [0.25, 0.3) is 11.8 Å². The summed E-state index contributed by atoms with van der Waals surface area (Å²) in [5, 5.41) is 0.104. The van der Waals surface area contributed by atoms with Gasteiger partial charge in [0.1, 0.15) is 11.6 Å². The van der Waals surface area contributed by atoms with Gasteiger partial charge in [-0.2, -0.15) is 0 Å². The fourth-order valence-electron chi connectivity index (χ4n) is 2.28. The zero-order chi connectivity index (χ0) is 19.6. The van der Waals surface area contributed by atoms with E-state index < -0.39 is 11.8 Å². The number of halogens is 1. The van der Waals surface area contributed by atoms with Crippen LogP contribution in [0.4, 0.5) is 0 Å². The van der Waals surface area contributed by atoms with E-state index in [2.05, 4.69) is 27.7 Å². The first-order chi connectivity index (χ1) is 13.0. The van der Waals surface area contributed by atoms with E-state index in [1.165, 1.54) is 19.0 Å². The average molecular weight is 391 g/mol. The number of carbonyl (C=O) groups excluding carboxylic acids is 2. The Morgan fingerprint density at radius 1 is 1.07 bits per heavy atom. The Morgan fingerprint density at radius 2 is 1.78 bits per heavy atom. The SMILES string of the molecule is CCCCCCOc1ccc(C(=O)NNC(=O)c2nc(C)ncc2Cl)cc1. The highest BCUT2D eigenvalue weighted by Gasteiger charge is 2.14. The van der Waals surface area contributed by atoms with Gasteiger partial charge < -0.3 is 4.74 Å². The number of carbonyl (C=O) groups is 2. The topological polar surface area (TPSA) is 93.2 Å². The van der Waals surface area contributed by atoms with Gasteiger partial charge in [0, 0.05) is 5.56 Å². The third-order valence-corrected chi connectivity index (χ3v) is 4.03. The normalized spacial score (nSPS) is 10.3. The lowest BCUT2D eigenvalue weighted by atomic mass is 10.2. The number of nitrogens with one attached hydrogen (secondary N) is 2. The minimum absolute atomic E-state index is 0.00344. The highest BCUT2D eigenvalue weighted by molar-refractivity contribution is 6.33. The molecule has 0 aliphatic carbocycles. The molecule has 0 saturated heterocycles. The second kappa shape index (κ2) is 10.5. The van der Waals surface area contributed by atoms with Gasteiger partial charge in [0.15, 0.2) is 5.69 Å². The van der Waals surface area contributed by atoms with Crippen molar-refractivity contribution in [3.63, 3.8) is 0 Å². The average Bonchev–Trinajstić information content (AvgIpc) is 2.68. The van der Waals surface area contributed by atoms with E-state index in [0.29, 0.717) is 23.7 Å². The molecule has 2 amide bonds. The van der Waals surface area contributed by atoms with Crippen LogP contribution in [0.2, 0.25) is 5.02 Å². The minimum atomic E-state index is -0.620. The molecule has 0 unspecified atom stereocenters. The smallest absolute Gasteiger partial charge is 0.289 e. The first-order valence-corrected chi connectivity index (χ1v) is 9.21. The molecule has 8 heteroatoms. The number of rotatable bonds is 8. The summed E-state index contributed by atoms with van der Waals surface area (Å²) in [6.07, 6.45) is 5.87. The molecule has 0 spiro atoms. The molecule has 1 heterocycles. The molecular weight excluding hydrogens is 368 g/mol. The Labute approximate surface area is 163 Å². The number of amides is 2. The molecule has 2 rings (SSSR count). The summed E-state index contributed by atoms with van der Waals surface area (Å²) in [7, 11) is 0. The summed E-state index contributed by atoms with van der Waals surface area (Å²) in [6.45, 7) is 4.45. The summed E-state index contributed by atoms with van der Waals surface area (Å²) in [5.74, 6) is 0.0297. The van der Waals surface area contributed by atoms with Crippen molar-refractivity contribution < 1.29 is 14.3 Å². The maximum absolute atomic E-state index is 12.1. The molecule has 0 aliphatic heterocycles. The molecular formula is C19H23ClN4O3. The van der Waals surface area contributed by atoms with E-state index in [9.17, 15) is 9.59 Å². The molecule has 2 aromatic rings. The number of aromatic nitrogens is 2. The van der Waals surface area contributed by atoms with Gasteiger partial charge in [-0.05, 0) is 37.6 Å². The quantitative estimate of drug-likeness (QED) is 0.531. The van der Waals surface area contributed by atoms with Crippen LogP contribution in [-0.2, 0) is 0 Å². The van der Waals surface area contributed by atoms with Gasteiger partial charge in [-0.3, -0.25) is 20.4 Å². The third kappa shape index (κ3) is 6.53. The highest BCUT2D eigenvalue weighted by atomic mass is 35.5. The highest BCUT2D eigenvalue weighted by Crippen LogP contribution is 2.14. The Hall–Kier alpha value is -2.67. The van der Waals surface area contributed by atoms with Crippen LogP contribution in [0.3, 0.4) is 0 Å². The van der Waals surface area contributed by atoms with Crippen molar-refractivity contribution in [3.05, 3.63) is 52.6 Å². The van der Waals surface area contributed by atoms with Crippen molar-refractivity contribution in [1.82, 2.24) is 20.8 Å². The maximum Gasteiger partial charge on any atom is 0.289 e. The van der Waals surface area contributed by atoms with Crippen LogP contribution >= 0.6 is 11.6 Å². The summed E-state index contributed by atoms with van der Waals surface area (Å²) in [5.41, 5.74) is 5.00. The number of ether oxygens (including phenoxy) is 1. The Balaban J connectivity index is 1.83. The fourth-order valence-corrected chi connectivity index (χ4v) is 2.46. The van der Waals surface area contributed by atoms with Crippen LogP contribution in [0, 0.1) is 6.92 Å². The number of unbranched alkanes of at least 4 members (excludes halogenated alkanes) is 3. The van der Waals surface area contributed by atoms with Crippen LogP contribution in [-0.4, -0.2) is 28.4 Å². The molecule has 0 bridgehead atoms. The van der Waals surface area contributed by atoms with Gasteiger partial charge in [0.2, 0.25) is 0 Å². The molecule has 1 aromatic heterocycles. The standard InChI is InChI=1S/C19H23ClN4O3/c1-3-4-5-6-11-27-15-9-7-14(8-10-15)18(25)23-24-19(26)17-16(20)12-21-13(2)22-17/h7-10,12H,3-6,11H2,1-2H3,(H,23,25)(H,24,26). The second-order valence-electron chi connectivity index (χ2n) is 5.96. The van der Waals surface area contributed by atoms with E-state index in [1.807, 2.05) is 0 Å². The zero-order valence-electron chi connectivity index (χ0n) is 15.4. The molecule has 0 fully saturated rings. The molecule has 0 radical (unpaired) electrons. The van der Waals surface area contributed by atoms with E-state index in [0.717, 1.165) is 12.8 Å². The van der Waals surface area contributed by atoms with Gasteiger partial charge in [-0.15, -0.1) is 0 Å². The summed E-state index contributed by atoms with van der Waals surface area (Å²) in [4.78, 5) is 32.1. The fraction of sp³-hybridized carbons (Fsp3) is 0.368. The molecule has 0 aliphatic rings. The monoisotopic (exact) mass is 390 g/mol. The third-order valence-electron chi connectivity index (χ3n) is 3.75. The molecule has 27 heavy (non-hydrogen) atoms. The van der Waals surface area contributed by atoms with Gasteiger partial charge in [-0.1, -0.05) is 37.8 Å². The number of hydrazine groups is 1. The van der Waals surface area contributed by atoms with Crippen molar-refractivity contribution in [3.8, 4) is 5.75 Å². The van der Waals surface area contributed by atoms with Crippen molar-refractivity contribution in [2.45, 2.75) is 39.5 Å². The van der Waals surface area contributed by atoms with Crippen molar-refractivity contribution in [2.24, 2.45) is 0 Å². The molecule has 7 nitrogen and oxygen atoms in total. The van der Waals surface area contributed by atoms with Crippen molar-refractivity contribution >= 4 is 23.4 Å². The van der Waals surface area contributed by atoms with Gasteiger partial charge in [-0.25, -0.2) is 9.97 Å². The number of aryl methyl sites for hydroxylation is 1. The summed E-state index contributed by atoms with van der Waals surface area (Å²) < 4.78 is 5.64. The maximum atomic E-state index is 12.1. The minimum Gasteiger partial charge on any atom is -0.494 e. The molecule has 0 atom stereocenters. The largest absolute Gasteiger partial charge is 0.494 e. The van der Waals surface area contributed by atoms with Crippen LogP contribution in [0.15, 0.2) is 30.5 Å². The van der Waals surface area contributed by atoms with Gasteiger partial charge in [0.05, 0.1) is 17.8 Å². The van der Waals surface area contributed by atoms with Crippen molar-refractivity contribution in [1.29, 1.82) is 0 Å². The van der Waals surface area contributed by atoms with E-state index in [1.54, 1.807) is 31.2 Å². The zero-order valence-corrected chi connectivity index (χ0v) is 16.2. The molecule has 1 aromatic carbocycles. The first kappa shape index (κ1) is 20.6. The van der Waals surface area contributed by atoms with Crippen LogP contribution in [0.5, 0.6) is 5.75 Å². The Bertz CT molecular complexity index is 781. The van der Waals surface area contributed by atoms with Crippen molar-refractivity contribution in [2.75, 3.05) is 6.61 Å². The van der Waals surface area contributed by atoms with E-state index in [-0.39, 0.29) is 10.7 Å². The summed E-state index contributed by atoms with van der Waals surface area (Å²) in [6, 6.07) is 6.71. The van der Waals surface area contributed by atoms with Gasteiger partial charge >= 0.3 is 0 Å². The lowest BCUT2D eigenvalue weighted by Gasteiger charge is -2.09. The Morgan fingerprint density at radius 3 is 2.48 bits per heavy atom. The van der Waals surface area contributed by atoms with Crippen LogP contribution < -0.4 is 15.6 Å². The molecule has 0 saturated carbocycles. The summed E-state index contributed by atoms with van der Waals surface area (Å²) >= 11 is 5.90. The first-order valence-electron chi connectivity index (χ1n) is 8.84.